The highest BCUT2D eigenvalue weighted by Crippen LogP contribution is 2.34. The maximum Gasteiger partial charge on any atom is 0.278 e. The molecular formula is C23H25FN2O5. The highest BCUT2D eigenvalue weighted by Gasteiger charge is 2.39. The lowest BCUT2D eigenvalue weighted by atomic mass is 10.0. The summed E-state index contributed by atoms with van der Waals surface area (Å²) in [6.07, 6.45) is 0. The molecule has 1 aliphatic heterocycles. The van der Waals surface area contributed by atoms with Gasteiger partial charge in [0.25, 0.3) is 11.8 Å². The summed E-state index contributed by atoms with van der Waals surface area (Å²) in [6, 6.07) is 10.6. The van der Waals surface area contributed by atoms with Crippen molar-refractivity contribution in [1.82, 2.24) is 4.90 Å². The molecule has 2 aromatic rings. The van der Waals surface area contributed by atoms with Crippen LogP contribution in [0.5, 0.6) is 11.5 Å². The van der Waals surface area contributed by atoms with E-state index >= 15 is 0 Å². The number of hydrogen-bond donors (Lipinski definition) is 1. The third-order valence-electron chi connectivity index (χ3n) is 4.63. The van der Waals surface area contributed by atoms with Crippen LogP contribution in [0.4, 0.5) is 10.1 Å². The van der Waals surface area contributed by atoms with Crippen LogP contribution in [-0.4, -0.2) is 50.2 Å². The lowest BCUT2D eigenvalue weighted by Gasteiger charge is -2.15. The van der Waals surface area contributed by atoms with Crippen LogP contribution in [0.2, 0.25) is 0 Å². The number of methoxy groups -OCH3 is 1. The minimum absolute atomic E-state index is 0.109. The van der Waals surface area contributed by atoms with Crippen LogP contribution in [0, 0.1) is 5.82 Å². The Morgan fingerprint density at radius 1 is 0.935 bits per heavy atom. The van der Waals surface area contributed by atoms with Gasteiger partial charge >= 0.3 is 0 Å². The Labute approximate surface area is 180 Å². The average Bonchev–Trinajstić information content (AvgIpc) is 2.99. The van der Waals surface area contributed by atoms with Gasteiger partial charge in [-0.2, -0.15) is 0 Å². The summed E-state index contributed by atoms with van der Waals surface area (Å²) in [5.74, 6) is -0.274. The number of ether oxygens (including phenoxy) is 3. The van der Waals surface area contributed by atoms with Crippen LogP contribution in [0.3, 0.4) is 0 Å². The fraction of sp³-hybridized carbons (Fsp3) is 0.304. The SMILES string of the molecule is CCOc1ccc(NC2=C(c3ccc(F)cc3)C(=O)N(CCOC)C2=O)cc1OCC. The third-order valence-corrected chi connectivity index (χ3v) is 4.63. The molecule has 2 amide bonds. The summed E-state index contributed by atoms with van der Waals surface area (Å²) >= 11 is 0. The summed E-state index contributed by atoms with van der Waals surface area (Å²) in [5.41, 5.74) is 1.28. The van der Waals surface area contributed by atoms with Crippen molar-refractivity contribution in [1.29, 1.82) is 0 Å². The zero-order valence-corrected chi connectivity index (χ0v) is 17.7. The molecule has 0 aliphatic carbocycles. The first kappa shape index (κ1) is 22.3. The predicted octanol–water partition coefficient (Wildman–Crippen LogP) is 3.46. The van der Waals surface area contributed by atoms with Gasteiger partial charge in [-0.05, 0) is 43.7 Å². The number of carbonyl (C=O) groups is 2. The number of anilines is 1. The van der Waals surface area contributed by atoms with Crippen LogP contribution in [0.15, 0.2) is 48.2 Å². The molecule has 0 bridgehead atoms. The number of imide groups is 1. The van der Waals surface area contributed by atoms with Crippen molar-refractivity contribution in [3.8, 4) is 11.5 Å². The highest BCUT2D eigenvalue weighted by atomic mass is 19.1. The second-order valence-electron chi connectivity index (χ2n) is 6.66. The lowest BCUT2D eigenvalue weighted by Crippen LogP contribution is -2.35. The van der Waals surface area contributed by atoms with Crippen LogP contribution < -0.4 is 14.8 Å². The van der Waals surface area contributed by atoms with Gasteiger partial charge in [0.05, 0.1) is 31.9 Å². The third kappa shape index (κ3) is 4.86. The first-order valence-electron chi connectivity index (χ1n) is 10.0. The van der Waals surface area contributed by atoms with Crippen LogP contribution in [-0.2, 0) is 14.3 Å². The molecule has 3 rings (SSSR count). The van der Waals surface area contributed by atoms with Gasteiger partial charge in [-0.1, -0.05) is 12.1 Å². The van der Waals surface area contributed by atoms with Crippen molar-refractivity contribution in [3.63, 3.8) is 0 Å². The number of rotatable bonds is 10. The first-order valence-corrected chi connectivity index (χ1v) is 10.0. The molecule has 0 radical (unpaired) electrons. The molecule has 0 fully saturated rings. The minimum atomic E-state index is -0.479. The second-order valence-corrected chi connectivity index (χ2v) is 6.66. The van der Waals surface area contributed by atoms with Crippen molar-refractivity contribution in [2.75, 3.05) is 38.8 Å². The molecule has 2 aromatic carbocycles. The number of benzene rings is 2. The standard InChI is InChI=1S/C23H25FN2O5/c1-4-30-18-11-10-17(14-19(18)31-5-2)25-21-20(15-6-8-16(24)9-7-15)22(27)26(23(21)28)12-13-29-3/h6-11,14,25H,4-5,12-13H2,1-3H3. The molecule has 1 heterocycles. The Balaban J connectivity index is 2.01. The first-order chi connectivity index (χ1) is 15.0. The Morgan fingerprint density at radius 3 is 2.26 bits per heavy atom. The van der Waals surface area contributed by atoms with Gasteiger partial charge in [-0.3, -0.25) is 14.5 Å². The fourth-order valence-electron chi connectivity index (χ4n) is 3.24. The number of nitrogens with zero attached hydrogens (tertiary/aromatic N) is 1. The van der Waals surface area contributed by atoms with Crippen molar-refractivity contribution >= 4 is 23.1 Å². The summed E-state index contributed by atoms with van der Waals surface area (Å²) in [6.45, 7) is 4.97. The number of amides is 2. The molecule has 8 heteroatoms. The normalized spacial score (nSPS) is 13.7. The molecule has 0 saturated carbocycles. The van der Waals surface area contributed by atoms with Gasteiger partial charge in [-0.25, -0.2) is 4.39 Å². The van der Waals surface area contributed by atoms with E-state index in [2.05, 4.69) is 5.32 Å². The summed E-state index contributed by atoms with van der Waals surface area (Å²) < 4.78 is 29.7. The zero-order chi connectivity index (χ0) is 22.4. The monoisotopic (exact) mass is 428 g/mol. The van der Waals surface area contributed by atoms with E-state index in [0.717, 1.165) is 4.90 Å². The topological polar surface area (TPSA) is 77.1 Å². The molecule has 7 nitrogen and oxygen atoms in total. The van der Waals surface area contributed by atoms with Gasteiger partial charge in [-0.15, -0.1) is 0 Å². The van der Waals surface area contributed by atoms with E-state index in [1.165, 1.54) is 31.4 Å². The molecule has 31 heavy (non-hydrogen) atoms. The molecular weight excluding hydrogens is 403 g/mol. The van der Waals surface area contributed by atoms with E-state index in [0.29, 0.717) is 36.0 Å². The van der Waals surface area contributed by atoms with Crippen LogP contribution >= 0.6 is 0 Å². The maximum absolute atomic E-state index is 13.4. The van der Waals surface area contributed by atoms with E-state index in [1.54, 1.807) is 18.2 Å². The largest absolute Gasteiger partial charge is 0.490 e. The molecule has 1 aliphatic rings. The van der Waals surface area contributed by atoms with Crippen LogP contribution in [0.25, 0.3) is 5.57 Å². The molecule has 0 spiro atoms. The van der Waals surface area contributed by atoms with Crippen molar-refractivity contribution < 1.29 is 28.2 Å². The van der Waals surface area contributed by atoms with Crippen molar-refractivity contribution in [2.45, 2.75) is 13.8 Å². The van der Waals surface area contributed by atoms with E-state index in [9.17, 15) is 14.0 Å². The zero-order valence-electron chi connectivity index (χ0n) is 17.7. The van der Waals surface area contributed by atoms with Gasteiger partial charge in [0.1, 0.15) is 11.5 Å². The average molecular weight is 428 g/mol. The highest BCUT2D eigenvalue weighted by molar-refractivity contribution is 6.36. The summed E-state index contributed by atoms with van der Waals surface area (Å²) in [5, 5.41) is 3.06. The van der Waals surface area contributed by atoms with Gasteiger partial charge in [0.15, 0.2) is 11.5 Å². The van der Waals surface area contributed by atoms with Gasteiger partial charge in [0.2, 0.25) is 0 Å². The smallest absolute Gasteiger partial charge is 0.278 e. The molecule has 0 atom stereocenters. The van der Waals surface area contributed by atoms with E-state index in [-0.39, 0.29) is 24.4 Å². The Kier molecular flexibility index (Phi) is 7.25. The molecule has 0 aromatic heterocycles. The van der Waals surface area contributed by atoms with E-state index in [4.69, 9.17) is 14.2 Å². The maximum atomic E-state index is 13.4. The molecule has 164 valence electrons. The number of nitrogens with one attached hydrogen (secondary N) is 1. The number of halogens is 1. The molecule has 0 unspecified atom stereocenters. The molecule has 0 saturated heterocycles. The van der Waals surface area contributed by atoms with E-state index in [1.807, 2.05) is 13.8 Å². The van der Waals surface area contributed by atoms with Crippen molar-refractivity contribution in [3.05, 3.63) is 59.5 Å². The number of hydrogen-bond acceptors (Lipinski definition) is 6. The van der Waals surface area contributed by atoms with E-state index < -0.39 is 17.6 Å². The minimum Gasteiger partial charge on any atom is -0.490 e. The predicted molar refractivity (Wildman–Crippen MR) is 114 cm³/mol. The van der Waals surface area contributed by atoms with Crippen molar-refractivity contribution in [2.24, 2.45) is 0 Å². The molecule has 1 N–H and O–H groups in total. The number of carbonyl (C=O) groups excluding carboxylic acids is 2. The lowest BCUT2D eigenvalue weighted by molar-refractivity contribution is -0.137. The Bertz CT molecular complexity index is 988. The summed E-state index contributed by atoms with van der Waals surface area (Å²) in [7, 11) is 1.49. The van der Waals surface area contributed by atoms with Gasteiger partial charge < -0.3 is 19.5 Å². The fourth-order valence-corrected chi connectivity index (χ4v) is 3.24. The Hall–Kier alpha value is -3.39. The van der Waals surface area contributed by atoms with Gasteiger partial charge in [0, 0.05) is 18.9 Å². The summed E-state index contributed by atoms with van der Waals surface area (Å²) in [4.78, 5) is 27.2. The van der Waals surface area contributed by atoms with Crippen LogP contribution in [0.1, 0.15) is 19.4 Å². The quantitative estimate of drug-likeness (QED) is 0.584. The second kappa shape index (κ2) is 10.1. The Morgan fingerprint density at radius 2 is 1.61 bits per heavy atom.